The van der Waals surface area contributed by atoms with E-state index in [1.54, 1.807) is 11.8 Å². The molecule has 0 aliphatic heterocycles. The first-order chi connectivity index (χ1) is 11.1. The molecule has 0 saturated heterocycles. The molecule has 3 aromatic rings. The minimum atomic E-state index is -0.207. The molecule has 2 aromatic carbocycles. The van der Waals surface area contributed by atoms with Crippen LogP contribution in [-0.4, -0.2) is 22.0 Å². The maximum atomic E-state index is 9.50. The Kier molecular flexibility index (Phi) is 4.37. The van der Waals surface area contributed by atoms with E-state index in [0.29, 0.717) is 10.7 Å². The molecule has 23 heavy (non-hydrogen) atoms. The SMILES string of the molecule is COc1ccc(-n2nc(CO)c(Cl)c2-c2ccc(C)cc2)cc1. The Bertz CT molecular complexity index is 808. The zero-order chi connectivity index (χ0) is 16.4. The lowest BCUT2D eigenvalue weighted by Gasteiger charge is -2.09. The molecule has 0 fully saturated rings. The number of nitrogens with zero attached hydrogens (tertiary/aromatic N) is 2. The van der Waals surface area contributed by atoms with Gasteiger partial charge in [-0.2, -0.15) is 5.10 Å². The third-order valence-electron chi connectivity index (χ3n) is 3.69. The van der Waals surface area contributed by atoms with E-state index in [9.17, 15) is 5.11 Å². The second-order valence-corrected chi connectivity index (χ2v) is 5.62. The Morgan fingerprint density at radius 2 is 1.74 bits per heavy atom. The molecule has 0 bridgehead atoms. The lowest BCUT2D eigenvalue weighted by Crippen LogP contribution is -2.00. The van der Waals surface area contributed by atoms with Crippen LogP contribution in [0.2, 0.25) is 5.02 Å². The number of hydrogen-bond donors (Lipinski definition) is 1. The molecule has 0 radical (unpaired) electrons. The fourth-order valence-electron chi connectivity index (χ4n) is 2.42. The van der Waals surface area contributed by atoms with Crippen molar-refractivity contribution in [3.8, 4) is 22.7 Å². The Morgan fingerprint density at radius 3 is 2.30 bits per heavy atom. The lowest BCUT2D eigenvalue weighted by atomic mass is 10.1. The van der Waals surface area contributed by atoms with Gasteiger partial charge in [0.1, 0.15) is 11.4 Å². The fourth-order valence-corrected chi connectivity index (χ4v) is 2.70. The average molecular weight is 329 g/mol. The minimum absolute atomic E-state index is 0.207. The number of ether oxygens (including phenoxy) is 1. The van der Waals surface area contributed by atoms with Crippen LogP contribution in [0.1, 0.15) is 11.3 Å². The van der Waals surface area contributed by atoms with Crippen LogP contribution < -0.4 is 4.74 Å². The van der Waals surface area contributed by atoms with E-state index in [1.165, 1.54) is 5.56 Å². The molecule has 0 amide bonds. The van der Waals surface area contributed by atoms with Gasteiger partial charge in [-0.1, -0.05) is 41.4 Å². The molecule has 1 aromatic heterocycles. The van der Waals surface area contributed by atoms with Crippen molar-refractivity contribution in [2.75, 3.05) is 7.11 Å². The predicted molar refractivity (Wildman–Crippen MR) is 91.2 cm³/mol. The first-order valence-corrected chi connectivity index (χ1v) is 7.61. The first kappa shape index (κ1) is 15.6. The smallest absolute Gasteiger partial charge is 0.119 e. The van der Waals surface area contributed by atoms with Crippen LogP contribution in [0.3, 0.4) is 0 Å². The van der Waals surface area contributed by atoms with E-state index in [0.717, 1.165) is 22.7 Å². The largest absolute Gasteiger partial charge is 0.497 e. The summed E-state index contributed by atoms with van der Waals surface area (Å²) in [6, 6.07) is 15.6. The van der Waals surface area contributed by atoms with Crippen molar-refractivity contribution < 1.29 is 9.84 Å². The topological polar surface area (TPSA) is 47.3 Å². The zero-order valence-corrected chi connectivity index (χ0v) is 13.7. The van der Waals surface area contributed by atoms with Crippen LogP contribution in [0.15, 0.2) is 48.5 Å². The summed E-state index contributed by atoms with van der Waals surface area (Å²) < 4.78 is 6.94. The molecule has 0 unspecified atom stereocenters. The van der Waals surface area contributed by atoms with Crippen molar-refractivity contribution in [3.63, 3.8) is 0 Å². The van der Waals surface area contributed by atoms with Gasteiger partial charge in [0.25, 0.3) is 0 Å². The summed E-state index contributed by atoms with van der Waals surface area (Å²) in [6.07, 6.45) is 0. The Hall–Kier alpha value is -2.30. The highest BCUT2D eigenvalue weighted by molar-refractivity contribution is 6.33. The van der Waals surface area contributed by atoms with Gasteiger partial charge in [0.2, 0.25) is 0 Å². The van der Waals surface area contributed by atoms with E-state index in [4.69, 9.17) is 16.3 Å². The van der Waals surface area contributed by atoms with Gasteiger partial charge < -0.3 is 9.84 Å². The van der Waals surface area contributed by atoms with Crippen molar-refractivity contribution in [1.82, 2.24) is 9.78 Å². The number of rotatable bonds is 4. The van der Waals surface area contributed by atoms with Crippen molar-refractivity contribution in [2.45, 2.75) is 13.5 Å². The monoisotopic (exact) mass is 328 g/mol. The number of methoxy groups -OCH3 is 1. The second kappa shape index (κ2) is 6.44. The lowest BCUT2D eigenvalue weighted by molar-refractivity contribution is 0.276. The van der Waals surface area contributed by atoms with Crippen molar-refractivity contribution in [1.29, 1.82) is 0 Å². The summed E-state index contributed by atoms with van der Waals surface area (Å²) in [6.45, 7) is 1.83. The quantitative estimate of drug-likeness (QED) is 0.787. The van der Waals surface area contributed by atoms with E-state index in [2.05, 4.69) is 5.10 Å². The summed E-state index contributed by atoms with van der Waals surface area (Å²) >= 11 is 6.44. The van der Waals surface area contributed by atoms with Gasteiger partial charge in [0, 0.05) is 5.56 Å². The average Bonchev–Trinajstić information content (AvgIpc) is 2.92. The molecule has 1 N–H and O–H groups in total. The number of aromatic nitrogens is 2. The van der Waals surface area contributed by atoms with Crippen molar-refractivity contribution >= 4 is 11.6 Å². The van der Waals surface area contributed by atoms with Crippen LogP contribution in [0.4, 0.5) is 0 Å². The highest BCUT2D eigenvalue weighted by atomic mass is 35.5. The van der Waals surface area contributed by atoms with Gasteiger partial charge in [-0.15, -0.1) is 0 Å². The van der Waals surface area contributed by atoms with E-state index in [1.807, 2.05) is 55.5 Å². The van der Waals surface area contributed by atoms with Gasteiger partial charge in [-0.3, -0.25) is 0 Å². The molecule has 0 aliphatic carbocycles. The molecule has 0 saturated carbocycles. The summed E-state index contributed by atoms with van der Waals surface area (Å²) in [7, 11) is 1.63. The van der Waals surface area contributed by atoms with Crippen LogP contribution in [0.25, 0.3) is 16.9 Å². The fraction of sp³-hybridized carbons (Fsp3) is 0.167. The van der Waals surface area contributed by atoms with Gasteiger partial charge in [-0.05, 0) is 31.2 Å². The summed E-state index contributed by atoms with van der Waals surface area (Å²) in [5, 5.41) is 14.4. The Balaban J connectivity index is 2.17. The van der Waals surface area contributed by atoms with Gasteiger partial charge in [0.05, 0.1) is 30.1 Å². The van der Waals surface area contributed by atoms with E-state index < -0.39 is 0 Å². The van der Waals surface area contributed by atoms with Crippen molar-refractivity contribution in [2.24, 2.45) is 0 Å². The second-order valence-electron chi connectivity index (χ2n) is 5.24. The zero-order valence-electron chi connectivity index (χ0n) is 13.0. The van der Waals surface area contributed by atoms with Crippen LogP contribution in [-0.2, 0) is 6.61 Å². The standard InChI is InChI=1S/C18H17ClN2O2/c1-12-3-5-13(6-4-12)18-17(19)16(11-22)20-21(18)14-7-9-15(23-2)10-8-14/h3-10,22H,11H2,1-2H3. The van der Waals surface area contributed by atoms with Gasteiger partial charge in [-0.25, -0.2) is 4.68 Å². The molecule has 4 nitrogen and oxygen atoms in total. The van der Waals surface area contributed by atoms with Gasteiger partial charge in [0.15, 0.2) is 0 Å². The molecular formula is C18H17ClN2O2. The summed E-state index contributed by atoms with van der Waals surface area (Å²) in [4.78, 5) is 0. The summed E-state index contributed by atoms with van der Waals surface area (Å²) in [5.41, 5.74) is 4.19. The van der Waals surface area contributed by atoms with E-state index >= 15 is 0 Å². The number of aryl methyl sites for hydroxylation is 1. The third-order valence-corrected chi connectivity index (χ3v) is 4.08. The molecular weight excluding hydrogens is 312 g/mol. The molecule has 3 rings (SSSR count). The number of hydrogen-bond acceptors (Lipinski definition) is 3. The number of aliphatic hydroxyl groups is 1. The number of aliphatic hydroxyl groups excluding tert-OH is 1. The molecule has 1 heterocycles. The summed E-state index contributed by atoms with van der Waals surface area (Å²) in [5.74, 6) is 0.770. The molecule has 5 heteroatoms. The maximum Gasteiger partial charge on any atom is 0.119 e. The van der Waals surface area contributed by atoms with E-state index in [-0.39, 0.29) is 6.61 Å². The highest BCUT2D eigenvalue weighted by Gasteiger charge is 2.18. The first-order valence-electron chi connectivity index (χ1n) is 7.23. The Morgan fingerprint density at radius 1 is 1.09 bits per heavy atom. The minimum Gasteiger partial charge on any atom is -0.497 e. The maximum absolute atomic E-state index is 9.50. The third kappa shape index (κ3) is 2.96. The van der Waals surface area contributed by atoms with Crippen molar-refractivity contribution in [3.05, 3.63) is 64.8 Å². The number of benzene rings is 2. The molecule has 118 valence electrons. The van der Waals surface area contributed by atoms with Crippen LogP contribution in [0.5, 0.6) is 5.75 Å². The molecule has 0 spiro atoms. The highest BCUT2D eigenvalue weighted by Crippen LogP contribution is 2.33. The predicted octanol–water partition coefficient (Wildman–Crippen LogP) is 4.00. The van der Waals surface area contributed by atoms with Crippen LogP contribution in [0, 0.1) is 6.92 Å². The molecule has 0 atom stereocenters. The van der Waals surface area contributed by atoms with Crippen LogP contribution >= 0.6 is 11.6 Å². The number of halogens is 1. The normalized spacial score (nSPS) is 10.8. The van der Waals surface area contributed by atoms with Gasteiger partial charge >= 0.3 is 0 Å². The Labute approximate surface area is 139 Å². The molecule has 0 aliphatic rings.